The summed E-state index contributed by atoms with van der Waals surface area (Å²) < 4.78 is 0. The van der Waals surface area contributed by atoms with Crippen LogP contribution in [0.3, 0.4) is 0 Å². The van der Waals surface area contributed by atoms with Crippen LogP contribution in [-0.4, -0.2) is 59.3 Å². The van der Waals surface area contributed by atoms with Crippen molar-refractivity contribution in [2.24, 2.45) is 0 Å². The number of piperazine rings is 1. The van der Waals surface area contributed by atoms with Gasteiger partial charge in [0.15, 0.2) is 0 Å². The first kappa shape index (κ1) is 21.7. The van der Waals surface area contributed by atoms with Crippen LogP contribution in [0.25, 0.3) is 6.08 Å². The van der Waals surface area contributed by atoms with E-state index < -0.39 is 0 Å². The predicted octanol–water partition coefficient (Wildman–Crippen LogP) is 3.36. The number of amides is 2. The fourth-order valence-corrected chi connectivity index (χ4v) is 3.40. The first-order valence-corrected chi connectivity index (χ1v) is 10.5. The lowest BCUT2D eigenvalue weighted by molar-refractivity contribution is -0.133. The van der Waals surface area contributed by atoms with Crippen molar-refractivity contribution in [3.05, 3.63) is 65.9 Å². The van der Waals surface area contributed by atoms with Gasteiger partial charge in [0.05, 0.1) is 0 Å². The van der Waals surface area contributed by atoms with Crippen LogP contribution in [-0.2, 0) is 9.59 Å². The molecule has 3 rings (SSSR count). The van der Waals surface area contributed by atoms with Crippen molar-refractivity contribution in [2.75, 3.05) is 38.0 Å². The van der Waals surface area contributed by atoms with Crippen molar-refractivity contribution in [3.8, 4) is 0 Å². The molecule has 6 nitrogen and oxygen atoms in total. The average Bonchev–Trinajstić information content (AvgIpc) is 2.76. The van der Waals surface area contributed by atoms with Gasteiger partial charge in [0, 0.05) is 51.8 Å². The Kier molecular flexibility index (Phi) is 8.15. The van der Waals surface area contributed by atoms with E-state index in [0.717, 1.165) is 32.7 Å². The second-order valence-electron chi connectivity index (χ2n) is 7.61. The monoisotopic (exact) mass is 406 g/mol. The van der Waals surface area contributed by atoms with E-state index in [1.54, 1.807) is 18.3 Å². The summed E-state index contributed by atoms with van der Waals surface area (Å²) in [7, 11) is 0. The second-order valence-corrected chi connectivity index (χ2v) is 7.61. The third-order valence-electron chi connectivity index (χ3n) is 5.20. The topological polar surface area (TPSA) is 65.5 Å². The van der Waals surface area contributed by atoms with Crippen LogP contribution in [0.4, 0.5) is 5.82 Å². The van der Waals surface area contributed by atoms with Gasteiger partial charge in [-0.2, -0.15) is 0 Å². The molecule has 1 aromatic heterocycles. The number of pyridine rings is 1. The summed E-state index contributed by atoms with van der Waals surface area (Å²) in [5.74, 6) is 0.573. The Bertz CT molecular complexity index is 841. The number of aryl methyl sites for hydroxylation is 1. The van der Waals surface area contributed by atoms with Crippen LogP contribution in [0, 0.1) is 6.92 Å². The lowest BCUT2D eigenvalue weighted by Gasteiger charge is -2.34. The number of hydrogen-bond donors (Lipinski definition) is 1. The van der Waals surface area contributed by atoms with Crippen molar-refractivity contribution in [3.63, 3.8) is 0 Å². The minimum absolute atomic E-state index is 0.105. The molecule has 0 aliphatic carbocycles. The first-order chi connectivity index (χ1) is 14.6. The van der Waals surface area contributed by atoms with Gasteiger partial charge in [0.2, 0.25) is 11.8 Å². The van der Waals surface area contributed by atoms with Crippen molar-refractivity contribution in [1.82, 2.24) is 14.8 Å². The van der Waals surface area contributed by atoms with E-state index in [2.05, 4.69) is 58.5 Å². The van der Waals surface area contributed by atoms with Crippen molar-refractivity contribution >= 4 is 23.7 Å². The van der Waals surface area contributed by atoms with Crippen LogP contribution < -0.4 is 5.32 Å². The Morgan fingerprint density at radius 1 is 1.03 bits per heavy atom. The Hall–Kier alpha value is -2.99. The number of benzene rings is 1. The second kappa shape index (κ2) is 11.3. The smallest absolute Gasteiger partial charge is 0.225 e. The van der Waals surface area contributed by atoms with E-state index in [1.807, 2.05) is 11.0 Å². The molecular weight excluding hydrogens is 376 g/mol. The molecule has 30 heavy (non-hydrogen) atoms. The molecule has 2 heterocycles. The number of rotatable bonds is 8. The molecular formula is C24H30N4O2. The molecule has 0 bridgehead atoms. The van der Waals surface area contributed by atoms with Crippen LogP contribution in [0.15, 0.2) is 54.7 Å². The Morgan fingerprint density at radius 2 is 1.80 bits per heavy atom. The maximum absolute atomic E-state index is 12.4. The van der Waals surface area contributed by atoms with Crippen molar-refractivity contribution < 1.29 is 9.59 Å². The van der Waals surface area contributed by atoms with E-state index >= 15 is 0 Å². The molecule has 0 unspecified atom stereocenters. The van der Waals surface area contributed by atoms with Crippen LogP contribution >= 0.6 is 0 Å². The number of aromatic nitrogens is 1. The molecule has 6 heteroatoms. The van der Waals surface area contributed by atoms with E-state index in [0.29, 0.717) is 25.1 Å². The molecule has 1 fully saturated rings. The molecule has 158 valence electrons. The van der Waals surface area contributed by atoms with Gasteiger partial charge in [-0.1, -0.05) is 48.0 Å². The molecule has 1 aliphatic heterocycles. The molecule has 1 aromatic carbocycles. The van der Waals surface area contributed by atoms with E-state index in [1.165, 1.54) is 11.1 Å². The number of carbonyl (C=O) groups is 2. The summed E-state index contributed by atoms with van der Waals surface area (Å²) in [6.07, 6.45) is 7.25. The zero-order valence-electron chi connectivity index (χ0n) is 17.6. The molecule has 2 amide bonds. The van der Waals surface area contributed by atoms with Gasteiger partial charge in [-0.15, -0.1) is 0 Å². The average molecular weight is 407 g/mol. The summed E-state index contributed by atoms with van der Waals surface area (Å²) in [4.78, 5) is 32.7. The highest BCUT2D eigenvalue weighted by Crippen LogP contribution is 2.09. The zero-order valence-corrected chi connectivity index (χ0v) is 17.6. The summed E-state index contributed by atoms with van der Waals surface area (Å²) >= 11 is 0. The molecule has 2 aromatic rings. The highest BCUT2D eigenvalue weighted by molar-refractivity contribution is 5.90. The Morgan fingerprint density at radius 3 is 2.50 bits per heavy atom. The maximum Gasteiger partial charge on any atom is 0.225 e. The van der Waals surface area contributed by atoms with Gasteiger partial charge in [-0.3, -0.25) is 14.5 Å². The number of nitrogens with one attached hydrogen (secondary N) is 1. The summed E-state index contributed by atoms with van der Waals surface area (Å²) in [5, 5.41) is 2.75. The first-order valence-electron chi connectivity index (χ1n) is 10.5. The summed E-state index contributed by atoms with van der Waals surface area (Å²) in [6.45, 7) is 6.23. The third-order valence-corrected chi connectivity index (χ3v) is 5.20. The molecule has 1 saturated heterocycles. The lowest BCUT2D eigenvalue weighted by atomic mass is 10.1. The van der Waals surface area contributed by atoms with Crippen molar-refractivity contribution in [1.29, 1.82) is 0 Å². The Labute approximate surface area is 178 Å². The molecule has 0 atom stereocenters. The number of hydrogen-bond acceptors (Lipinski definition) is 4. The van der Waals surface area contributed by atoms with Crippen LogP contribution in [0.5, 0.6) is 0 Å². The van der Waals surface area contributed by atoms with E-state index in [-0.39, 0.29) is 11.8 Å². The minimum atomic E-state index is -0.105. The standard InChI is InChI=1S/C24H30N4O2/c1-20-10-12-21(13-11-20)6-5-15-27-16-18-28(19-17-27)24(30)9-4-8-23(29)26-22-7-2-3-14-25-22/h2-3,5-7,10-14H,4,8-9,15-19H2,1H3,(H,25,26,29)/b6-5+. The van der Waals surface area contributed by atoms with Gasteiger partial charge in [-0.25, -0.2) is 4.98 Å². The van der Waals surface area contributed by atoms with Gasteiger partial charge < -0.3 is 10.2 Å². The third kappa shape index (κ3) is 7.12. The molecule has 0 saturated carbocycles. The van der Waals surface area contributed by atoms with Crippen LogP contribution in [0.2, 0.25) is 0 Å². The van der Waals surface area contributed by atoms with Gasteiger partial charge in [0.1, 0.15) is 5.82 Å². The van der Waals surface area contributed by atoms with Gasteiger partial charge >= 0.3 is 0 Å². The summed E-state index contributed by atoms with van der Waals surface area (Å²) in [5.41, 5.74) is 2.48. The summed E-state index contributed by atoms with van der Waals surface area (Å²) in [6, 6.07) is 13.9. The minimum Gasteiger partial charge on any atom is -0.340 e. The molecule has 1 N–H and O–H groups in total. The zero-order chi connectivity index (χ0) is 21.2. The van der Waals surface area contributed by atoms with Gasteiger partial charge in [0.25, 0.3) is 0 Å². The Balaban J connectivity index is 1.31. The quantitative estimate of drug-likeness (QED) is 0.730. The molecule has 1 aliphatic rings. The molecule has 0 spiro atoms. The maximum atomic E-state index is 12.4. The van der Waals surface area contributed by atoms with E-state index in [9.17, 15) is 9.59 Å². The SMILES string of the molecule is Cc1ccc(/C=C/CN2CCN(C(=O)CCCC(=O)Nc3ccccn3)CC2)cc1. The largest absolute Gasteiger partial charge is 0.340 e. The molecule has 0 radical (unpaired) electrons. The van der Waals surface area contributed by atoms with Crippen molar-refractivity contribution in [2.45, 2.75) is 26.2 Å². The van der Waals surface area contributed by atoms with Gasteiger partial charge in [-0.05, 0) is 31.0 Å². The number of carbonyl (C=O) groups excluding carboxylic acids is 2. The normalized spacial score (nSPS) is 14.8. The highest BCUT2D eigenvalue weighted by atomic mass is 16.2. The fraction of sp³-hybridized carbons (Fsp3) is 0.375. The number of nitrogens with zero attached hydrogens (tertiary/aromatic N) is 3. The fourth-order valence-electron chi connectivity index (χ4n) is 3.40. The van der Waals surface area contributed by atoms with Crippen LogP contribution in [0.1, 0.15) is 30.4 Å². The predicted molar refractivity (Wildman–Crippen MR) is 120 cm³/mol. The highest BCUT2D eigenvalue weighted by Gasteiger charge is 2.20. The van der Waals surface area contributed by atoms with E-state index in [4.69, 9.17) is 0 Å². The lowest BCUT2D eigenvalue weighted by Crippen LogP contribution is -2.48. The number of anilines is 1.